The lowest BCUT2D eigenvalue weighted by Gasteiger charge is -2.14. The molecule has 0 unspecified atom stereocenters. The molecule has 1 heterocycles. The number of rotatable bonds is 6. The van der Waals surface area contributed by atoms with Gasteiger partial charge in [-0.2, -0.15) is 0 Å². The van der Waals surface area contributed by atoms with Crippen molar-refractivity contribution in [3.05, 3.63) is 69.7 Å². The van der Waals surface area contributed by atoms with E-state index in [9.17, 15) is 4.79 Å². The summed E-state index contributed by atoms with van der Waals surface area (Å²) in [5, 5.41) is 3.59. The van der Waals surface area contributed by atoms with Crippen LogP contribution in [0.4, 0.5) is 0 Å². The van der Waals surface area contributed by atoms with Gasteiger partial charge in [0.25, 0.3) is 0 Å². The molecule has 1 atom stereocenters. The molecule has 0 bridgehead atoms. The van der Waals surface area contributed by atoms with Gasteiger partial charge in [0.2, 0.25) is 0 Å². The van der Waals surface area contributed by atoms with E-state index in [-0.39, 0.29) is 6.61 Å². The van der Waals surface area contributed by atoms with Crippen LogP contribution in [-0.2, 0) is 16.1 Å². The van der Waals surface area contributed by atoms with Crippen LogP contribution in [0.15, 0.2) is 53.9 Å². The van der Waals surface area contributed by atoms with E-state index in [2.05, 4.69) is 4.98 Å². The topological polar surface area (TPSA) is 48.4 Å². The predicted molar refractivity (Wildman–Crippen MR) is 104 cm³/mol. The summed E-state index contributed by atoms with van der Waals surface area (Å²) < 4.78 is 10.8. The third kappa shape index (κ3) is 4.75. The van der Waals surface area contributed by atoms with Crippen molar-refractivity contribution in [3.63, 3.8) is 0 Å². The van der Waals surface area contributed by atoms with E-state index >= 15 is 0 Å². The highest BCUT2D eigenvalue weighted by Gasteiger charge is 2.18. The minimum absolute atomic E-state index is 0.0875. The molecule has 134 valence electrons. The first-order valence-corrected chi connectivity index (χ1v) is 9.44. The number of aromatic nitrogens is 1. The lowest BCUT2D eigenvalue weighted by molar-refractivity contribution is -0.152. The molecule has 3 aromatic rings. The normalized spacial score (nSPS) is 11.8. The zero-order valence-corrected chi connectivity index (χ0v) is 16.1. The maximum absolute atomic E-state index is 12.1. The summed E-state index contributed by atoms with van der Waals surface area (Å²) in [6.07, 6.45) is -0.805. The maximum atomic E-state index is 12.1. The van der Waals surface area contributed by atoms with Gasteiger partial charge in [0, 0.05) is 16.0 Å². The van der Waals surface area contributed by atoms with Crippen molar-refractivity contribution in [2.45, 2.75) is 19.6 Å². The van der Waals surface area contributed by atoms with Gasteiger partial charge < -0.3 is 9.47 Å². The van der Waals surface area contributed by atoms with Crippen LogP contribution in [0.25, 0.3) is 10.6 Å². The Morgan fingerprint density at radius 1 is 1.19 bits per heavy atom. The lowest BCUT2D eigenvalue weighted by Crippen LogP contribution is -2.26. The van der Waals surface area contributed by atoms with Gasteiger partial charge in [0.1, 0.15) is 17.4 Å². The predicted octanol–water partition coefficient (Wildman–Crippen LogP) is 5.63. The van der Waals surface area contributed by atoms with Crippen LogP contribution < -0.4 is 4.74 Å². The molecule has 0 saturated heterocycles. The Labute approximate surface area is 165 Å². The molecule has 0 aliphatic carbocycles. The summed E-state index contributed by atoms with van der Waals surface area (Å²) in [6, 6.07) is 14.6. The Kier molecular flexibility index (Phi) is 6.14. The van der Waals surface area contributed by atoms with E-state index in [1.807, 2.05) is 35.7 Å². The van der Waals surface area contributed by atoms with E-state index < -0.39 is 12.1 Å². The summed E-state index contributed by atoms with van der Waals surface area (Å²) in [5.41, 5.74) is 1.73. The van der Waals surface area contributed by atoms with Gasteiger partial charge in [-0.05, 0) is 25.1 Å². The van der Waals surface area contributed by atoms with Crippen molar-refractivity contribution in [1.29, 1.82) is 0 Å². The van der Waals surface area contributed by atoms with Gasteiger partial charge >= 0.3 is 5.97 Å². The van der Waals surface area contributed by atoms with E-state index in [0.717, 1.165) is 10.6 Å². The number of benzene rings is 2. The number of carbonyl (C=O) groups is 1. The average Bonchev–Trinajstić information content (AvgIpc) is 3.11. The summed E-state index contributed by atoms with van der Waals surface area (Å²) in [7, 11) is 0. The smallest absolute Gasteiger partial charge is 0.347 e. The van der Waals surface area contributed by atoms with Gasteiger partial charge in [-0.15, -0.1) is 11.3 Å². The molecule has 0 spiro atoms. The lowest BCUT2D eigenvalue weighted by atomic mass is 10.2. The first-order chi connectivity index (χ1) is 12.5. The molecule has 0 saturated carbocycles. The highest BCUT2D eigenvalue weighted by molar-refractivity contribution is 7.13. The molecule has 0 N–H and O–H groups in total. The van der Waals surface area contributed by atoms with Crippen LogP contribution in [0.2, 0.25) is 10.0 Å². The molecule has 26 heavy (non-hydrogen) atoms. The summed E-state index contributed by atoms with van der Waals surface area (Å²) in [4.78, 5) is 16.6. The number of thiazole rings is 1. The van der Waals surface area contributed by atoms with Crippen molar-refractivity contribution in [2.75, 3.05) is 0 Å². The summed E-state index contributed by atoms with van der Waals surface area (Å²) in [6.45, 7) is 1.69. The van der Waals surface area contributed by atoms with Crippen molar-refractivity contribution in [1.82, 2.24) is 4.98 Å². The Bertz CT molecular complexity index is 899. The first kappa shape index (κ1) is 18.7. The highest BCUT2D eigenvalue weighted by atomic mass is 35.5. The van der Waals surface area contributed by atoms with E-state index in [0.29, 0.717) is 21.5 Å². The van der Waals surface area contributed by atoms with Crippen molar-refractivity contribution in [3.8, 4) is 16.3 Å². The Balaban J connectivity index is 1.56. The first-order valence-electron chi connectivity index (χ1n) is 7.81. The third-order valence-electron chi connectivity index (χ3n) is 3.46. The van der Waals surface area contributed by atoms with Crippen LogP contribution in [0.1, 0.15) is 12.6 Å². The zero-order chi connectivity index (χ0) is 18.5. The standard InChI is InChI=1S/C19H15Cl2NO3S/c1-12(25-17-8-7-14(20)9-16(17)21)19(23)24-10-15-11-26-18(22-15)13-5-3-2-4-6-13/h2-9,11-12H,10H2,1H3/t12-/m1/s1. The molecular formula is C19H15Cl2NO3S. The monoisotopic (exact) mass is 407 g/mol. The molecule has 2 aromatic carbocycles. The van der Waals surface area contributed by atoms with Crippen LogP contribution in [0, 0.1) is 0 Å². The second-order valence-corrected chi connectivity index (χ2v) is 7.15. The number of hydrogen-bond acceptors (Lipinski definition) is 5. The SMILES string of the molecule is C[C@@H](Oc1ccc(Cl)cc1Cl)C(=O)OCc1csc(-c2ccccc2)n1. The van der Waals surface area contributed by atoms with Gasteiger partial charge in [-0.3, -0.25) is 0 Å². The molecule has 3 rings (SSSR count). The second-order valence-electron chi connectivity index (χ2n) is 5.45. The van der Waals surface area contributed by atoms with Gasteiger partial charge in [-0.1, -0.05) is 53.5 Å². The quantitative estimate of drug-likeness (QED) is 0.496. The van der Waals surface area contributed by atoms with Crippen LogP contribution in [0.3, 0.4) is 0 Å². The molecule has 0 aliphatic rings. The maximum Gasteiger partial charge on any atom is 0.347 e. The minimum atomic E-state index is -0.805. The van der Waals surface area contributed by atoms with Crippen molar-refractivity contribution in [2.24, 2.45) is 0 Å². The number of nitrogens with zero attached hydrogens (tertiary/aromatic N) is 1. The molecule has 0 aliphatic heterocycles. The minimum Gasteiger partial charge on any atom is -0.477 e. The zero-order valence-electron chi connectivity index (χ0n) is 13.8. The molecule has 0 amide bonds. The molecular weight excluding hydrogens is 393 g/mol. The summed E-state index contributed by atoms with van der Waals surface area (Å²) in [5.74, 6) is -0.120. The van der Waals surface area contributed by atoms with Crippen molar-refractivity contribution >= 4 is 40.5 Å². The molecule has 0 fully saturated rings. The van der Waals surface area contributed by atoms with Gasteiger partial charge in [-0.25, -0.2) is 9.78 Å². The Morgan fingerprint density at radius 3 is 2.69 bits per heavy atom. The molecule has 1 aromatic heterocycles. The molecule has 4 nitrogen and oxygen atoms in total. The second kappa shape index (κ2) is 8.54. The van der Waals surface area contributed by atoms with Crippen LogP contribution in [-0.4, -0.2) is 17.1 Å². The fourth-order valence-corrected chi connectivity index (χ4v) is 3.42. The number of carbonyl (C=O) groups excluding carboxylic acids is 1. The van der Waals surface area contributed by atoms with E-state index in [4.69, 9.17) is 32.7 Å². The van der Waals surface area contributed by atoms with Crippen LogP contribution >= 0.6 is 34.5 Å². The number of esters is 1. The van der Waals surface area contributed by atoms with Crippen molar-refractivity contribution < 1.29 is 14.3 Å². The van der Waals surface area contributed by atoms with E-state index in [1.165, 1.54) is 11.3 Å². The fourth-order valence-electron chi connectivity index (χ4n) is 2.16. The number of hydrogen-bond donors (Lipinski definition) is 0. The highest BCUT2D eigenvalue weighted by Crippen LogP contribution is 2.28. The molecule has 0 radical (unpaired) electrons. The van der Waals surface area contributed by atoms with E-state index in [1.54, 1.807) is 25.1 Å². The molecule has 7 heteroatoms. The third-order valence-corrected chi connectivity index (χ3v) is 4.94. The largest absolute Gasteiger partial charge is 0.477 e. The fraction of sp³-hybridized carbons (Fsp3) is 0.158. The Morgan fingerprint density at radius 2 is 1.96 bits per heavy atom. The average molecular weight is 408 g/mol. The number of ether oxygens (including phenoxy) is 2. The number of halogens is 2. The summed E-state index contributed by atoms with van der Waals surface area (Å²) >= 11 is 13.4. The van der Waals surface area contributed by atoms with Gasteiger partial charge in [0.05, 0.1) is 10.7 Å². The Hall–Kier alpha value is -2.08. The van der Waals surface area contributed by atoms with Gasteiger partial charge in [0.15, 0.2) is 6.10 Å². The van der Waals surface area contributed by atoms with Crippen LogP contribution in [0.5, 0.6) is 5.75 Å².